The van der Waals surface area contributed by atoms with Gasteiger partial charge in [0.2, 0.25) is 11.8 Å². The SMILES string of the molecule is CCn1c(-c2cccnc2[C@H](C)OC)c2c3cc(ccc31)-c1csc(n1)C[C@H](NC(=O)[C@H](C(C)C)N(C)C(=O)N1CC3(CCCN(C)C3=O)C1)C(=O)N1CCC[C@H](N1)C(=O)OCC(C)(C)C2.S.S.S.S. The summed E-state index contributed by atoms with van der Waals surface area (Å²) in [5.74, 6) is -1.62. The Balaban J connectivity index is 0.00000266. The Hall–Kier alpha value is -3.99. The van der Waals surface area contributed by atoms with Crippen molar-refractivity contribution < 1.29 is 33.4 Å². The van der Waals surface area contributed by atoms with Gasteiger partial charge < -0.3 is 34.1 Å². The normalized spacial score (nSPS) is 20.7. The van der Waals surface area contributed by atoms with E-state index in [4.69, 9.17) is 19.4 Å². The number of nitrogens with one attached hydrogen (secondary N) is 2. The summed E-state index contributed by atoms with van der Waals surface area (Å²) in [5.41, 5.74) is 8.71. The number of cyclic esters (lactones) is 1. The minimum atomic E-state index is -1.08. The van der Waals surface area contributed by atoms with Crippen molar-refractivity contribution in [1.29, 1.82) is 0 Å². The highest BCUT2D eigenvalue weighted by molar-refractivity contribution is 7.59. The second-order valence-electron chi connectivity index (χ2n) is 19.8. The Labute approximate surface area is 444 Å². The lowest BCUT2D eigenvalue weighted by atomic mass is 9.72. The van der Waals surface area contributed by atoms with Gasteiger partial charge in [0, 0.05) is 99.4 Å². The smallest absolute Gasteiger partial charge is 0.324 e. The predicted molar refractivity (Wildman–Crippen MR) is 294 cm³/mol. The lowest BCUT2D eigenvalue weighted by Crippen LogP contribution is -2.69. The Morgan fingerprint density at radius 3 is 2.47 bits per heavy atom. The largest absolute Gasteiger partial charge is 0.464 e. The van der Waals surface area contributed by atoms with Crippen LogP contribution in [-0.4, -0.2) is 136 Å². The van der Waals surface area contributed by atoms with Crippen molar-refractivity contribution in [2.24, 2.45) is 16.7 Å². The number of carbonyl (C=O) groups excluding carboxylic acids is 5. The van der Waals surface area contributed by atoms with Crippen LogP contribution >= 0.6 is 65.3 Å². The average Bonchev–Trinajstić information content (AvgIpc) is 3.88. The van der Waals surface area contributed by atoms with E-state index >= 15 is 0 Å². The van der Waals surface area contributed by atoms with Gasteiger partial charge >= 0.3 is 12.0 Å². The molecule has 5 amide bonds. The number of piperidine rings is 1. The molecule has 0 radical (unpaired) electrons. The summed E-state index contributed by atoms with van der Waals surface area (Å²) in [6.45, 7) is 14.5. The number of ether oxygens (including phenoxy) is 2. The molecule has 21 heteroatoms. The fourth-order valence-electron chi connectivity index (χ4n) is 10.5. The van der Waals surface area contributed by atoms with Crippen molar-refractivity contribution in [2.45, 2.75) is 111 Å². The summed E-state index contributed by atoms with van der Waals surface area (Å²) in [4.78, 5) is 84.8. The quantitative estimate of drug-likeness (QED) is 0.192. The fourth-order valence-corrected chi connectivity index (χ4v) is 11.3. The summed E-state index contributed by atoms with van der Waals surface area (Å²) in [6.07, 6.45) is 4.81. The molecule has 3 aromatic heterocycles. The van der Waals surface area contributed by atoms with E-state index < -0.39 is 46.7 Å². The van der Waals surface area contributed by atoms with Crippen LogP contribution in [0.2, 0.25) is 0 Å². The number of aryl methyl sites for hydroxylation is 1. The first kappa shape index (κ1) is 58.6. The predicted octanol–water partition coefficient (Wildman–Crippen LogP) is 6.28. The minimum absolute atomic E-state index is 0. The zero-order valence-electron chi connectivity index (χ0n) is 41.8. The Morgan fingerprint density at radius 2 is 1.79 bits per heavy atom. The first-order chi connectivity index (χ1) is 31.5. The molecule has 0 saturated carbocycles. The van der Waals surface area contributed by atoms with Crippen LogP contribution in [-0.2, 0) is 48.0 Å². The number of hydrogen-bond donors (Lipinski definition) is 2. The highest BCUT2D eigenvalue weighted by Crippen LogP contribution is 2.43. The fraction of sp³-hybridized carbons (Fsp3) is 0.571. The third-order valence-corrected chi connectivity index (χ3v) is 14.9. The van der Waals surface area contributed by atoms with Crippen molar-refractivity contribution >= 4 is 106 Å². The van der Waals surface area contributed by atoms with E-state index in [1.54, 1.807) is 37.2 Å². The van der Waals surface area contributed by atoms with E-state index in [9.17, 15) is 24.0 Å². The number of carbonyl (C=O) groups is 5. The first-order valence-corrected chi connectivity index (χ1v) is 24.2. The highest BCUT2D eigenvalue weighted by Gasteiger charge is 2.54. The number of amides is 5. The van der Waals surface area contributed by atoms with Gasteiger partial charge in [-0.3, -0.25) is 29.2 Å². The number of hydrazine groups is 1. The molecule has 4 aliphatic rings. The van der Waals surface area contributed by atoms with Crippen molar-refractivity contribution in [2.75, 3.05) is 54.0 Å². The number of pyridine rings is 1. The summed E-state index contributed by atoms with van der Waals surface area (Å²) >= 11 is 1.41. The van der Waals surface area contributed by atoms with E-state index in [0.29, 0.717) is 57.0 Å². The summed E-state index contributed by atoms with van der Waals surface area (Å²) in [7, 11) is 5.09. The molecule has 16 nitrogen and oxygen atoms in total. The van der Waals surface area contributed by atoms with E-state index in [1.165, 1.54) is 21.2 Å². The highest BCUT2D eigenvalue weighted by atomic mass is 32.1. The van der Waals surface area contributed by atoms with Gasteiger partial charge in [-0.05, 0) is 81.7 Å². The van der Waals surface area contributed by atoms with Gasteiger partial charge in [-0.2, -0.15) is 54.0 Å². The van der Waals surface area contributed by atoms with Gasteiger partial charge in [0.05, 0.1) is 40.2 Å². The van der Waals surface area contributed by atoms with Gasteiger partial charge in [0.25, 0.3) is 5.91 Å². The number of aromatic nitrogens is 3. The monoisotopic (exact) mass is 1060 g/mol. The lowest BCUT2D eigenvalue weighted by molar-refractivity contribution is -0.155. The molecular weight excluding hydrogens is 987 g/mol. The number of fused-ring (bicyclic) bond motifs is 6. The minimum Gasteiger partial charge on any atom is -0.464 e. The van der Waals surface area contributed by atoms with Crippen LogP contribution in [0.5, 0.6) is 0 Å². The molecular formula is C49H73N9O7S5. The zero-order valence-corrected chi connectivity index (χ0v) is 46.6. The Bertz CT molecular complexity index is 2530. The van der Waals surface area contributed by atoms with Crippen LogP contribution in [0.4, 0.5) is 4.79 Å². The molecule has 1 spiro atoms. The van der Waals surface area contributed by atoms with E-state index in [0.717, 1.165) is 57.5 Å². The first-order valence-electron chi connectivity index (χ1n) is 23.4. The zero-order chi connectivity index (χ0) is 47.2. The molecule has 7 heterocycles. The molecule has 70 heavy (non-hydrogen) atoms. The molecule has 4 aromatic rings. The molecule has 4 aliphatic heterocycles. The Kier molecular flexibility index (Phi) is 19.8. The lowest BCUT2D eigenvalue weighted by Gasteiger charge is -2.53. The molecule has 3 fully saturated rings. The van der Waals surface area contributed by atoms with Gasteiger partial charge in [0.15, 0.2) is 0 Å². The summed E-state index contributed by atoms with van der Waals surface area (Å²) in [6, 6.07) is 7.29. The molecule has 2 N–H and O–H groups in total. The maximum Gasteiger partial charge on any atom is 0.324 e. The summed E-state index contributed by atoms with van der Waals surface area (Å²) in [5, 5.41) is 8.12. The van der Waals surface area contributed by atoms with Crippen LogP contribution in [0, 0.1) is 16.7 Å². The standard InChI is InChI=1S/C49H65N9O7S.4H2S/c1-10-57-38-17-16-31-22-33(38)34(42(57)32-14-11-19-50-40(32)30(4)64-9)24-48(5,6)28-65-45(61)35-15-12-21-58(53-35)44(60)36(23-39-51-37(31)25-66-39)52-43(59)41(29(2)3)55(8)47(63)56-26-49(27-56)18-13-20-54(7)46(49)62;;;;/h11,14,16-17,19,22,25,29-30,35-36,41,53H,10,12-13,15,18,20-21,23-24,26-28H2,1-9H3,(H,52,59);4*1H2/t30-,35-,36-,41-;;;;/m0..../s1. The van der Waals surface area contributed by atoms with Crippen LogP contribution in [0.25, 0.3) is 33.4 Å². The molecule has 4 atom stereocenters. The number of esters is 1. The van der Waals surface area contributed by atoms with Crippen molar-refractivity contribution in [3.8, 4) is 22.5 Å². The Morgan fingerprint density at radius 1 is 1.06 bits per heavy atom. The second-order valence-corrected chi connectivity index (χ2v) is 20.8. The molecule has 6 bridgehead atoms. The van der Waals surface area contributed by atoms with Gasteiger partial charge in [-0.1, -0.05) is 33.8 Å². The molecule has 8 rings (SSSR count). The van der Waals surface area contributed by atoms with Crippen molar-refractivity contribution in [3.05, 3.63) is 58.2 Å². The maximum absolute atomic E-state index is 14.6. The molecule has 1 aromatic carbocycles. The van der Waals surface area contributed by atoms with Crippen LogP contribution < -0.4 is 10.7 Å². The van der Waals surface area contributed by atoms with Gasteiger partial charge in [-0.15, -0.1) is 11.3 Å². The molecule has 386 valence electrons. The summed E-state index contributed by atoms with van der Waals surface area (Å²) < 4.78 is 14.2. The molecule has 3 saturated heterocycles. The number of likely N-dealkylation sites (tertiary alicyclic amines) is 2. The second kappa shape index (κ2) is 23.7. The van der Waals surface area contributed by atoms with Crippen LogP contribution in [0.1, 0.15) is 89.6 Å². The number of hydrogen-bond acceptors (Lipinski definition) is 11. The third-order valence-electron chi connectivity index (χ3n) is 14.0. The number of rotatable bonds is 8. The van der Waals surface area contributed by atoms with E-state index in [-0.39, 0.29) is 91.0 Å². The van der Waals surface area contributed by atoms with Crippen LogP contribution in [0.3, 0.4) is 0 Å². The van der Waals surface area contributed by atoms with Gasteiger partial charge in [-0.25, -0.2) is 15.2 Å². The van der Waals surface area contributed by atoms with Crippen LogP contribution in [0.15, 0.2) is 41.9 Å². The average molecular weight is 1060 g/mol. The molecule has 0 aliphatic carbocycles. The van der Waals surface area contributed by atoms with E-state index in [2.05, 4.69) is 60.3 Å². The number of methoxy groups -OCH3 is 1. The maximum atomic E-state index is 14.6. The topological polar surface area (TPSA) is 172 Å². The van der Waals surface area contributed by atoms with E-state index in [1.807, 2.05) is 32.2 Å². The van der Waals surface area contributed by atoms with Crippen molar-refractivity contribution in [1.82, 2.24) is 45.0 Å². The number of likely N-dealkylation sites (N-methyl/N-ethyl adjacent to an activating group) is 1. The number of thiazole rings is 1. The molecule has 0 unspecified atom stereocenters. The number of urea groups is 1. The number of nitrogens with zero attached hydrogens (tertiary/aromatic N) is 7. The van der Waals surface area contributed by atoms with Gasteiger partial charge in [0.1, 0.15) is 18.1 Å². The van der Waals surface area contributed by atoms with Crippen molar-refractivity contribution in [3.63, 3.8) is 0 Å². The third kappa shape index (κ3) is 11.4. The number of benzene rings is 1.